The monoisotopic (exact) mass is 347 g/mol. The summed E-state index contributed by atoms with van der Waals surface area (Å²) < 4.78 is 0. The van der Waals surface area contributed by atoms with Gasteiger partial charge >= 0.3 is 35.0 Å². The summed E-state index contributed by atoms with van der Waals surface area (Å²) in [6, 6.07) is 6.20. The zero-order chi connectivity index (χ0) is 17.6. The van der Waals surface area contributed by atoms with Crippen LogP contribution >= 0.6 is 0 Å². The second-order valence-corrected chi connectivity index (χ2v) is 5.62. The zero-order valence-electron chi connectivity index (χ0n) is 13.2. The number of fused-ring (bicyclic) bond motifs is 1. The number of nitrogens with two attached hydrogens (primary N) is 2. The molecule has 8 heteroatoms. The van der Waals surface area contributed by atoms with Crippen LogP contribution < -0.4 is 11.5 Å². The van der Waals surface area contributed by atoms with Crippen molar-refractivity contribution in [2.75, 3.05) is 0 Å². The lowest BCUT2D eigenvalue weighted by atomic mass is 10.1. The van der Waals surface area contributed by atoms with E-state index in [2.05, 4.69) is 4.98 Å². The van der Waals surface area contributed by atoms with Gasteiger partial charge in [-0.05, 0) is 17.5 Å². The van der Waals surface area contributed by atoms with Crippen LogP contribution in [-0.2, 0) is 16.0 Å². The van der Waals surface area contributed by atoms with Gasteiger partial charge in [0, 0.05) is 23.5 Å². The predicted octanol–water partition coefficient (Wildman–Crippen LogP) is 0.260. The minimum atomic E-state index is -0.972. The average Bonchev–Trinajstić information content (AvgIpc) is 2.90. The molecule has 0 fully saturated rings. The second-order valence-electron chi connectivity index (χ2n) is 5.62. The highest BCUT2D eigenvalue weighted by Crippen LogP contribution is 2.18. The SMILES string of the molecule is CC(C)C(N)C(=O)O.NC(Cc1c[nH]c2ccccc12)C(=O)O.[MgH2]. The van der Waals surface area contributed by atoms with Crippen molar-refractivity contribution in [1.82, 2.24) is 4.98 Å². The molecule has 0 spiro atoms. The Morgan fingerprint density at radius 1 is 1.12 bits per heavy atom. The lowest BCUT2D eigenvalue weighted by Crippen LogP contribution is -2.34. The van der Waals surface area contributed by atoms with Crippen molar-refractivity contribution in [3.05, 3.63) is 36.0 Å². The first-order valence-electron chi connectivity index (χ1n) is 7.25. The maximum atomic E-state index is 10.6. The van der Waals surface area contributed by atoms with Crippen LogP contribution in [-0.4, -0.2) is 62.3 Å². The van der Waals surface area contributed by atoms with E-state index in [1.807, 2.05) is 30.5 Å². The van der Waals surface area contributed by atoms with E-state index in [4.69, 9.17) is 21.7 Å². The van der Waals surface area contributed by atoms with E-state index in [-0.39, 0.29) is 29.0 Å². The van der Waals surface area contributed by atoms with Gasteiger partial charge in [-0.1, -0.05) is 32.0 Å². The fraction of sp³-hybridized carbons (Fsp3) is 0.375. The van der Waals surface area contributed by atoms with Crippen LogP contribution in [0.2, 0.25) is 0 Å². The Balaban J connectivity index is 0.000000510. The van der Waals surface area contributed by atoms with Crippen LogP contribution in [0, 0.1) is 5.92 Å². The van der Waals surface area contributed by atoms with Gasteiger partial charge in [0.15, 0.2) is 0 Å². The van der Waals surface area contributed by atoms with Gasteiger partial charge in [0.2, 0.25) is 0 Å². The maximum Gasteiger partial charge on any atom is 0.320 e. The summed E-state index contributed by atoms with van der Waals surface area (Å²) >= 11 is 0. The summed E-state index contributed by atoms with van der Waals surface area (Å²) in [6.45, 7) is 3.55. The van der Waals surface area contributed by atoms with E-state index >= 15 is 0 Å². The number of aromatic nitrogens is 1. The van der Waals surface area contributed by atoms with Crippen molar-refractivity contribution < 1.29 is 19.8 Å². The minimum absolute atomic E-state index is 0. The number of carboxylic acid groups (broad SMARTS) is 2. The van der Waals surface area contributed by atoms with E-state index in [9.17, 15) is 9.59 Å². The summed E-state index contributed by atoms with van der Waals surface area (Å²) in [5.74, 6) is -1.88. The third kappa shape index (κ3) is 6.48. The molecule has 24 heavy (non-hydrogen) atoms. The van der Waals surface area contributed by atoms with Crippen LogP contribution in [0.15, 0.2) is 30.5 Å². The Morgan fingerprint density at radius 3 is 2.17 bits per heavy atom. The number of nitrogens with one attached hydrogen (secondary N) is 1. The first-order valence-corrected chi connectivity index (χ1v) is 7.25. The average molecular weight is 348 g/mol. The molecular formula is C16H25MgN3O4. The number of aromatic amines is 1. The van der Waals surface area contributed by atoms with Gasteiger partial charge in [0.1, 0.15) is 12.1 Å². The van der Waals surface area contributed by atoms with Gasteiger partial charge in [-0.15, -0.1) is 0 Å². The molecule has 130 valence electrons. The van der Waals surface area contributed by atoms with Crippen molar-refractivity contribution in [3.63, 3.8) is 0 Å². The first-order chi connectivity index (χ1) is 10.7. The molecule has 0 aliphatic heterocycles. The summed E-state index contributed by atoms with van der Waals surface area (Å²) in [5, 5.41) is 18.0. The van der Waals surface area contributed by atoms with E-state index in [1.165, 1.54) is 0 Å². The summed E-state index contributed by atoms with van der Waals surface area (Å²) in [6.07, 6.45) is 2.16. The molecule has 2 unspecified atom stereocenters. The fourth-order valence-corrected chi connectivity index (χ4v) is 1.91. The molecule has 0 saturated carbocycles. The molecule has 2 aromatic rings. The molecule has 0 amide bonds. The molecule has 2 atom stereocenters. The summed E-state index contributed by atoms with van der Waals surface area (Å²) in [7, 11) is 0. The number of benzene rings is 1. The Bertz CT molecular complexity index is 672. The lowest BCUT2D eigenvalue weighted by molar-refractivity contribution is -0.140. The van der Waals surface area contributed by atoms with Gasteiger partial charge in [0.05, 0.1) is 0 Å². The number of para-hydroxylation sites is 1. The Labute approximate surface area is 156 Å². The van der Waals surface area contributed by atoms with Gasteiger partial charge in [-0.2, -0.15) is 0 Å². The first kappa shape index (κ1) is 22.4. The number of carbonyl (C=O) groups is 2. The lowest BCUT2D eigenvalue weighted by Gasteiger charge is -2.07. The molecule has 0 saturated heterocycles. The quantitative estimate of drug-likeness (QED) is 0.491. The molecule has 7 nitrogen and oxygen atoms in total. The third-order valence-electron chi connectivity index (χ3n) is 3.44. The highest BCUT2D eigenvalue weighted by atomic mass is 24.3. The smallest absolute Gasteiger partial charge is 0.320 e. The molecule has 0 aliphatic rings. The summed E-state index contributed by atoms with van der Waals surface area (Å²) in [4.78, 5) is 23.7. The highest BCUT2D eigenvalue weighted by Gasteiger charge is 2.15. The van der Waals surface area contributed by atoms with Crippen molar-refractivity contribution in [1.29, 1.82) is 0 Å². The van der Waals surface area contributed by atoms with Crippen LogP contribution in [0.25, 0.3) is 10.9 Å². The van der Waals surface area contributed by atoms with Crippen LogP contribution in [0.1, 0.15) is 19.4 Å². The standard InChI is InChI=1S/C11H12N2O2.C5H11NO2.Mg.2H/c12-9(11(14)15)5-7-6-13-10-4-2-1-3-8(7)10;1-3(2)4(6)5(7)8;;;/h1-4,6,9,13H,5,12H2,(H,14,15);3-4H,6H2,1-2H3,(H,7,8);;;. The van der Waals surface area contributed by atoms with Crippen molar-refractivity contribution in [2.24, 2.45) is 17.4 Å². The minimum Gasteiger partial charge on any atom is -0.480 e. The molecule has 1 aromatic heterocycles. The molecule has 0 bridgehead atoms. The van der Waals surface area contributed by atoms with Crippen molar-refractivity contribution >= 4 is 45.9 Å². The van der Waals surface area contributed by atoms with Crippen LogP contribution in [0.5, 0.6) is 0 Å². The van der Waals surface area contributed by atoms with E-state index < -0.39 is 24.0 Å². The molecule has 1 aromatic carbocycles. The molecule has 0 aliphatic carbocycles. The second kappa shape index (κ2) is 10.3. The van der Waals surface area contributed by atoms with Crippen molar-refractivity contribution in [2.45, 2.75) is 32.4 Å². The third-order valence-corrected chi connectivity index (χ3v) is 3.44. The van der Waals surface area contributed by atoms with Crippen LogP contribution in [0.4, 0.5) is 0 Å². The van der Waals surface area contributed by atoms with E-state index in [1.54, 1.807) is 13.8 Å². The number of H-pyrrole nitrogens is 1. The molecule has 7 N–H and O–H groups in total. The number of carboxylic acids is 2. The molecule has 1 heterocycles. The molecule has 2 rings (SSSR count). The van der Waals surface area contributed by atoms with Gasteiger partial charge < -0.3 is 26.7 Å². The van der Waals surface area contributed by atoms with Gasteiger partial charge in [-0.3, -0.25) is 9.59 Å². The number of rotatable bonds is 5. The van der Waals surface area contributed by atoms with E-state index in [0.29, 0.717) is 6.42 Å². The number of hydrogen-bond acceptors (Lipinski definition) is 4. The topological polar surface area (TPSA) is 142 Å². The van der Waals surface area contributed by atoms with Crippen molar-refractivity contribution in [3.8, 4) is 0 Å². The zero-order valence-corrected chi connectivity index (χ0v) is 13.2. The fourth-order valence-electron chi connectivity index (χ4n) is 1.91. The Hall–Kier alpha value is -1.61. The Kier molecular flexibility index (Phi) is 9.60. The highest BCUT2D eigenvalue weighted by molar-refractivity contribution is 5.84. The maximum absolute atomic E-state index is 10.6. The summed E-state index contributed by atoms with van der Waals surface area (Å²) in [5.41, 5.74) is 12.6. The molecular weight excluding hydrogens is 322 g/mol. The number of hydrogen-bond donors (Lipinski definition) is 5. The predicted molar refractivity (Wildman–Crippen MR) is 96.6 cm³/mol. The largest absolute Gasteiger partial charge is 0.480 e. The van der Waals surface area contributed by atoms with Gasteiger partial charge in [0.25, 0.3) is 0 Å². The van der Waals surface area contributed by atoms with Gasteiger partial charge in [-0.25, -0.2) is 0 Å². The van der Waals surface area contributed by atoms with Crippen LogP contribution in [0.3, 0.4) is 0 Å². The normalized spacial score (nSPS) is 12.7. The van der Waals surface area contributed by atoms with E-state index in [0.717, 1.165) is 16.5 Å². The number of aliphatic carboxylic acids is 2. The molecule has 0 radical (unpaired) electrons. The Morgan fingerprint density at radius 2 is 1.71 bits per heavy atom.